The first kappa shape index (κ1) is 5.56. The topological polar surface area (TPSA) is 50.7 Å². The van der Waals surface area contributed by atoms with Gasteiger partial charge in [0.1, 0.15) is 6.34 Å². The molecule has 1 atom stereocenters. The molecule has 0 aromatic heterocycles. The van der Waals surface area contributed by atoms with Crippen molar-refractivity contribution in [2.75, 3.05) is 0 Å². The normalized spacial score (nSPS) is 27.9. The Labute approximate surface area is 58.7 Å². The summed E-state index contributed by atoms with van der Waals surface area (Å²) in [7, 11) is 0. The van der Waals surface area contributed by atoms with Crippen molar-refractivity contribution in [3.63, 3.8) is 0 Å². The summed E-state index contributed by atoms with van der Waals surface area (Å²) in [5.74, 6) is 0. The third-order valence-electron chi connectivity index (χ3n) is 1.54. The highest BCUT2D eigenvalue weighted by Crippen LogP contribution is 2.13. The maximum atomic E-state index is 5.68. The summed E-state index contributed by atoms with van der Waals surface area (Å²) in [6.07, 6.45) is 7.25. The fourth-order valence-corrected chi connectivity index (χ4v) is 1.03. The molecule has 10 heavy (non-hydrogen) atoms. The number of hydrogen-bond donors (Lipinski definition) is 1. The lowest BCUT2D eigenvalue weighted by atomic mass is 10.1. The minimum atomic E-state index is -0.0671. The summed E-state index contributed by atoms with van der Waals surface area (Å²) in [5, 5.41) is 0. The molecule has 0 amide bonds. The number of nitrogens with two attached hydrogens (primary N) is 1. The molecule has 0 unspecified atom stereocenters. The van der Waals surface area contributed by atoms with Crippen LogP contribution < -0.4 is 5.73 Å². The Hall–Kier alpha value is -1.22. The first-order valence-electron chi connectivity index (χ1n) is 3.12. The van der Waals surface area contributed by atoms with E-state index in [0.29, 0.717) is 0 Å². The summed E-state index contributed by atoms with van der Waals surface area (Å²) < 4.78 is 0. The number of allylic oxidation sites excluding steroid dienone is 2. The molecule has 1 heterocycles. The van der Waals surface area contributed by atoms with E-state index in [1.165, 1.54) is 6.34 Å². The Morgan fingerprint density at radius 3 is 3.20 bits per heavy atom. The van der Waals surface area contributed by atoms with Crippen molar-refractivity contribution < 1.29 is 0 Å². The van der Waals surface area contributed by atoms with Crippen LogP contribution in [0.5, 0.6) is 0 Å². The van der Waals surface area contributed by atoms with E-state index in [1.54, 1.807) is 0 Å². The summed E-state index contributed by atoms with van der Waals surface area (Å²) >= 11 is 0. The predicted octanol–water partition coefficient (Wildman–Crippen LogP) is 0.250. The lowest BCUT2D eigenvalue weighted by Crippen LogP contribution is -2.29. The van der Waals surface area contributed by atoms with Gasteiger partial charge in [0.15, 0.2) is 0 Å². The molecule has 2 N–H and O–H groups in total. The van der Waals surface area contributed by atoms with Gasteiger partial charge in [-0.15, -0.1) is 0 Å². The largest absolute Gasteiger partial charge is 0.319 e. The highest BCUT2D eigenvalue weighted by molar-refractivity contribution is 6.12. The van der Waals surface area contributed by atoms with Crippen LogP contribution in [0.2, 0.25) is 0 Å². The molecular formula is C7H7N3. The van der Waals surface area contributed by atoms with Gasteiger partial charge >= 0.3 is 0 Å². The quantitative estimate of drug-likeness (QED) is 0.506. The number of rotatable bonds is 0. The molecule has 1 aliphatic heterocycles. The van der Waals surface area contributed by atoms with Crippen molar-refractivity contribution in [1.82, 2.24) is 0 Å². The Morgan fingerprint density at radius 2 is 2.40 bits per heavy atom. The molecule has 0 aromatic carbocycles. The Kier molecular flexibility index (Phi) is 1.05. The molecule has 0 fully saturated rings. The van der Waals surface area contributed by atoms with Gasteiger partial charge in [-0.25, -0.2) is 9.98 Å². The molecule has 3 nitrogen and oxygen atoms in total. The SMILES string of the molecule is N[C@H]1C=CC=C2N=CN=C21. The number of aliphatic imine (C=N–C) groups is 2. The van der Waals surface area contributed by atoms with Gasteiger partial charge in [0.05, 0.1) is 17.5 Å². The van der Waals surface area contributed by atoms with E-state index in [4.69, 9.17) is 5.73 Å². The van der Waals surface area contributed by atoms with E-state index < -0.39 is 0 Å². The van der Waals surface area contributed by atoms with Crippen LogP contribution in [0.3, 0.4) is 0 Å². The molecule has 0 radical (unpaired) electrons. The average molecular weight is 133 g/mol. The zero-order valence-electron chi connectivity index (χ0n) is 5.36. The molecule has 3 heteroatoms. The third kappa shape index (κ3) is 0.642. The van der Waals surface area contributed by atoms with Crippen LogP contribution in [0.1, 0.15) is 0 Å². The molecule has 0 aromatic rings. The van der Waals surface area contributed by atoms with Gasteiger partial charge in [-0.2, -0.15) is 0 Å². The third-order valence-corrected chi connectivity index (χ3v) is 1.54. The average Bonchev–Trinajstić information content (AvgIpc) is 2.36. The molecule has 0 saturated heterocycles. The van der Waals surface area contributed by atoms with Crippen LogP contribution >= 0.6 is 0 Å². The second-order valence-electron chi connectivity index (χ2n) is 2.22. The fourth-order valence-electron chi connectivity index (χ4n) is 1.03. The van der Waals surface area contributed by atoms with Crippen molar-refractivity contribution >= 4 is 12.1 Å². The van der Waals surface area contributed by atoms with Gasteiger partial charge in [-0.3, -0.25) is 0 Å². The molecule has 50 valence electrons. The monoisotopic (exact) mass is 133 g/mol. The van der Waals surface area contributed by atoms with Gasteiger partial charge in [0.2, 0.25) is 0 Å². The van der Waals surface area contributed by atoms with Crippen LogP contribution in [-0.4, -0.2) is 18.1 Å². The standard InChI is InChI=1S/C7H7N3/c8-5-2-1-3-6-7(5)10-4-9-6/h1-5H,8H2/t5-/m0/s1. The van der Waals surface area contributed by atoms with E-state index in [-0.39, 0.29) is 6.04 Å². The Morgan fingerprint density at radius 1 is 1.50 bits per heavy atom. The van der Waals surface area contributed by atoms with Crippen molar-refractivity contribution in [3.05, 3.63) is 23.9 Å². The van der Waals surface area contributed by atoms with Crippen molar-refractivity contribution in [1.29, 1.82) is 0 Å². The van der Waals surface area contributed by atoms with Gasteiger partial charge < -0.3 is 5.73 Å². The molecule has 2 aliphatic rings. The summed E-state index contributed by atoms with van der Waals surface area (Å²) in [6, 6.07) is -0.0671. The molecule has 0 spiro atoms. The van der Waals surface area contributed by atoms with Crippen LogP contribution in [-0.2, 0) is 0 Å². The second kappa shape index (κ2) is 1.88. The van der Waals surface area contributed by atoms with E-state index in [9.17, 15) is 0 Å². The number of nitrogens with zero attached hydrogens (tertiary/aromatic N) is 2. The van der Waals surface area contributed by atoms with Gasteiger partial charge in [-0.1, -0.05) is 12.2 Å². The zero-order chi connectivity index (χ0) is 6.97. The molecule has 1 aliphatic carbocycles. The summed E-state index contributed by atoms with van der Waals surface area (Å²) in [6.45, 7) is 0. The lowest BCUT2D eigenvalue weighted by Gasteiger charge is -2.09. The highest BCUT2D eigenvalue weighted by atomic mass is 15.0. The van der Waals surface area contributed by atoms with Crippen LogP contribution in [0, 0.1) is 0 Å². The maximum absolute atomic E-state index is 5.68. The first-order valence-corrected chi connectivity index (χ1v) is 3.12. The van der Waals surface area contributed by atoms with Gasteiger partial charge in [0, 0.05) is 0 Å². The van der Waals surface area contributed by atoms with Crippen LogP contribution in [0.15, 0.2) is 33.9 Å². The molecule has 0 saturated carbocycles. The lowest BCUT2D eigenvalue weighted by molar-refractivity contribution is 1.07. The smallest absolute Gasteiger partial charge is 0.116 e. The molecular weight excluding hydrogens is 126 g/mol. The first-order chi connectivity index (χ1) is 4.88. The summed E-state index contributed by atoms with van der Waals surface area (Å²) in [4.78, 5) is 8.03. The van der Waals surface area contributed by atoms with Crippen molar-refractivity contribution in [3.8, 4) is 0 Å². The van der Waals surface area contributed by atoms with E-state index in [0.717, 1.165) is 11.4 Å². The van der Waals surface area contributed by atoms with E-state index >= 15 is 0 Å². The van der Waals surface area contributed by atoms with Gasteiger partial charge in [0.25, 0.3) is 0 Å². The van der Waals surface area contributed by atoms with Crippen molar-refractivity contribution in [2.45, 2.75) is 6.04 Å². The van der Waals surface area contributed by atoms with E-state index in [1.807, 2.05) is 18.2 Å². The van der Waals surface area contributed by atoms with E-state index in [2.05, 4.69) is 9.98 Å². The van der Waals surface area contributed by atoms with Gasteiger partial charge in [-0.05, 0) is 6.08 Å². The number of fused-ring (bicyclic) bond motifs is 1. The Balaban J connectivity index is 2.45. The van der Waals surface area contributed by atoms with Crippen molar-refractivity contribution in [2.24, 2.45) is 15.7 Å². The minimum Gasteiger partial charge on any atom is -0.319 e. The molecule has 0 bridgehead atoms. The van der Waals surface area contributed by atoms with Crippen LogP contribution in [0.25, 0.3) is 0 Å². The predicted molar refractivity (Wildman–Crippen MR) is 41.1 cm³/mol. The maximum Gasteiger partial charge on any atom is 0.116 e. The minimum absolute atomic E-state index is 0.0671. The summed E-state index contributed by atoms with van der Waals surface area (Å²) in [5.41, 5.74) is 7.46. The van der Waals surface area contributed by atoms with Crippen LogP contribution in [0.4, 0.5) is 0 Å². The Bertz CT molecular complexity index is 271. The fraction of sp³-hybridized carbons (Fsp3) is 0.143. The highest BCUT2D eigenvalue weighted by Gasteiger charge is 2.17. The number of hydrogen-bond acceptors (Lipinski definition) is 3. The molecule has 2 rings (SSSR count). The zero-order valence-corrected chi connectivity index (χ0v) is 5.36. The second-order valence-corrected chi connectivity index (χ2v) is 2.22.